The summed E-state index contributed by atoms with van der Waals surface area (Å²) in [4.78, 5) is 0. The zero-order valence-corrected chi connectivity index (χ0v) is 6.00. The van der Waals surface area contributed by atoms with Crippen LogP contribution in [0.3, 0.4) is 0 Å². The molecule has 2 heteroatoms. The Labute approximate surface area is 55.8 Å². The molecule has 1 aliphatic heterocycles. The van der Waals surface area contributed by atoms with E-state index in [4.69, 9.17) is 9.84 Å². The monoisotopic (exact) mass is 130 g/mol. The molecule has 1 aliphatic rings. The molecule has 2 nitrogen and oxygen atoms in total. The first-order valence-electron chi connectivity index (χ1n) is 3.55. The van der Waals surface area contributed by atoms with Gasteiger partial charge in [-0.3, -0.25) is 0 Å². The second-order valence-corrected chi connectivity index (χ2v) is 2.68. The minimum atomic E-state index is -0.206. The van der Waals surface area contributed by atoms with Gasteiger partial charge in [-0.05, 0) is 13.3 Å². The molecule has 0 saturated carbocycles. The highest BCUT2D eigenvalue weighted by Crippen LogP contribution is 2.25. The molecule has 0 amide bonds. The number of hydrogen-bond acceptors (Lipinski definition) is 2. The van der Waals surface area contributed by atoms with Crippen molar-refractivity contribution in [2.24, 2.45) is 5.92 Å². The summed E-state index contributed by atoms with van der Waals surface area (Å²) in [5, 5.41) is 9.14. The van der Waals surface area contributed by atoms with Crippen LogP contribution in [-0.4, -0.2) is 23.9 Å². The van der Waals surface area contributed by atoms with Crippen molar-refractivity contribution in [1.82, 2.24) is 0 Å². The molecule has 3 unspecified atom stereocenters. The van der Waals surface area contributed by atoms with Gasteiger partial charge in [0.2, 0.25) is 0 Å². The van der Waals surface area contributed by atoms with Gasteiger partial charge in [-0.25, -0.2) is 0 Å². The van der Waals surface area contributed by atoms with Crippen molar-refractivity contribution in [2.75, 3.05) is 6.61 Å². The Morgan fingerprint density at radius 2 is 2.33 bits per heavy atom. The number of aliphatic hydroxyl groups excluding tert-OH is 1. The van der Waals surface area contributed by atoms with E-state index >= 15 is 0 Å². The standard InChI is InChI=1S/C7H14O2/c1-3-6(5(2)8)7-4-9-7/h5-8H,3-4H2,1-2H3. The van der Waals surface area contributed by atoms with Gasteiger partial charge in [-0.15, -0.1) is 0 Å². The van der Waals surface area contributed by atoms with E-state index in [1.54, 1.807) is 0 Å². The van der Waals surface area contributed by atoms with Gasteiger partial charge in [0.1, 0.15) is 0 Å². The van der Waals surface area contributed by atoms with Crippen LogP contribution >= 0.6 is 0 Å². The SMILES string of the molecule is CCC(C(C)O)C1CO1. The fourth-order valence-corrected chi connectivity index (χ4v) is 1.22. The van der Waals surface area contributed by atoms with E-state index in [1.165, 1.54) is 0 Å². The third-order valence-electron chi connectivity index (χ3n) is 1.93. The summed E-state index contributed by atoms with van der Waals surface area (Å²) in [6.45, 7) is 4.76. The van der Waals surface area contributed by atoms with Crippen LogP contribution in [-0.2, 0) is 4.74 Å². The Hall–Kier alpha value is -0.0800. The first-order valence-corrected chi connectivity index (χ1v) is 3.55. The van der Waals surface area contributed by atoms with Crippen LogP contribution in [0.2, 0.25) is 0 Å². The first kappa shape index (κ1) is 7.03. The normalized spacial score (nSPS) is 31.7. The molecule has 0 radical (unpaired) electrons. The molecule has 9 heavy (non-hydrogen) atoms. The maximum atomic E-state index is 9.14. The minimum absolute atomic E-state index is 0.206. The molecular formula is C7H14O2. The van der Waals surface area contributed by atoms with Crippen LogP contribution in [0.25, 0.3) is 0 Å². The predicted octanol–water partition coefficient (Wildman–Crippen LogP) is 0.792. The zero-order valence-electron chi connectivity index (χ0n) is 6.00. The highest BCUT2D eigenvalue weighted by atomic mass is 16.6. The van der Waals surface area contributed by atoms with Crippen molar-refractivity contribution >= 4 is 0 Å². The van der Waals surface area contributed by atoms with Gasteiger partial charge in [-0.1, -0.05) is 6.92 Å². The molecule has 0 spiro atoms. The highest BCUT2D eigenvalue weighted by molar-refractivity contribution is 4.81. The molecule has 1 saturated heterocycles. The Bertz CT molecular complexity index is 84.9. The molecule has 0 aromatic carbocycles. The van der Waals surface area contributed by atoms with Crippen LogP contribution < -0.4 is 0 Å². The van der Waals surface area contributed by atoms with E-state index in [2.05, 4.69) is 6.92 Å². The molecular weight excluding hydrogens is 116 g/mol. The number of aliphatic hydroxyl groups is 1. The van der Waals surface area contributed by atoms with Crippen molar-refractivity contribution in [1.29, 1.82) is 0 Å². The van der Waals surface area contributed by atoms with Crippen LogP contribution in [0, 0.1) is 5.92 Å². The Kier molecular flexibility index (Phi) is 2.09. The van der Waals surface area contributed by atoms with Gasteiger partial charge < -0.3 is 9.84 Å². The summed E-state index contributed by atoms with van der Waals surface area (Å²) in [6.07, 6.45) is 1.17. The topological polar surface area (TPSA) is 32.8 Å². The third kappa shape index (κ3) is 1.66. The smallest absolute Gasteiger partial charge is 0.0862 e. The molecule has 0 aromatic heterocycles. The van der Waals surface area contributed by atoms with Gasteiger partial charge in [0, 0.05) is 5.92 Å². The molecule has 1 heterocycles. The van der Waals surface area contributed by atoms with Crippen LogP contribution in [0.15, 0.2) is 0 Å². The second-order valence-electron chi connectivity index (χ2n) is 2.68. The van der Waals surface area contributed by atoms with Gasteiger partial charge in [0.25, 0.3) is 0 Å². The molecule has 1 rings (SSSR count). The van der Waals surface area contributed by atoms with Crippen LogP contribution in [0.4, 0.5) is 0 Å². The molecule has 0 bridgehead atoms. The first-order chi connectivity index (χ1) is 4.25. The van der Waals surface area contributed by atoms with E-state index in [0.29, 0.717) is 12.0 Å². The lowest BCUT2D eigenvalue weighted by Gasteiger charge is -2.13. The van der Waals surface area contributed by atoms with Crippen molar-refractivity contribution in [3.05, 3.63) is 0 Å². The highest BCUT2D eigenvalue weighted by Gasteiger charge is 2.33. The second kappa shape index (κ2) is 2.67. The van der Waals surface area contributed by atoms with Gasteiger partial charge >= 0.3 is 0 Å². The lowest BCUT2D eigenvalue weighted by Crippen LogP contribution is -2.21. The third-order valence-corrected chi connectivity index (χ3v) is 1.93. The summed E-state index contributed by atoms with van der Waals surface area (Å²) in [7, 11) is 0. The van der Waals surface area contributed by atoms with E-state index in [-0.39, 0.29) is 6.10 Å². The molecule has 1 N–H and O–H groups in total. The minimum Gasteiger partial charge on any atom is -0.393 e. The van der Waals surface area contributed by atoms with Gasteiger partial charge in [-0.2, -0.15) is 0 Å². The molecule has 0 aliphatic carbocycles. The van der Waals surface area contributed by atoms with E-state index < -0.39 is 0 Å². The van der Waals surface area contributed by atoms with E-state index in [1.807, 2.05) is 6.92 Å². The molecule has 1 fully saturated rings. The van der Waals surface area contributed by atoms with Gasteiger partial charge in [0.05, 0.1) is 18.8 Å². The summed E-state index contributed by atoms with van der Waals surface area (Å²) >= 11 is 0. The van der Waals surface area contributed by atoms with Crippen LogP contribution in [0.5, 0.6) is 0 Å². The zero-order chi connectivity index (χ0) is 6.85. The average Bonchev–Trinajstić information content (AvgIpc) is 2.50. The van der Waals surface area contributed by atoms with Crippen molar-refractivity contribution in [3.63, 3.8) is 0 Å². The quantitative estimate of drug-likeness (QED) is 0.573. The summed E-state index contributed by atoms with van der Waals surface area (Å²) in [5.74, 6) is 0.366. The number of rotatable bonds is 3. The van der Waals surface area contributed by atoms with Crippen molar-refractivity contribution in [2.45, 2.75) is 32.5 Å². The number of ether oxygens (including phenoxy) is 1. The summed E-state index contributed by atoms with van der Waals surface area (Å²) in [6, 6.07) is 0. The summed E-state index contributed by atoms with van der Waals surface area (Å²) in [5.41, 5.74) is 0. The van der Waals surface area contributed by atoms with Crippen LogP contribution in [0.1, 0.15) is 20.3 Å². The van der Waals surface area contributed by atoms with E-state index in [0.717, 1.165) is 13.0 Å². The fourth-order valence-electron chi connectivity index (χ4n) is 1.22. The Balaban J connectivity index is 2.28. The van der Waals surface area contributed by atoms with Crippen molar-refractivity contribution in [3.8, 4) is 0 Å². The van der Waals surface area contributed by atoms with E-state index in [9.17, 15) is 0 Å². The number of hydrogen-bond donors (Lipinski definition) is 1. The lowest BCUT2D eigenvalue weighted by molar-refractivity contribution is 0.103. The summed E-state index contributed by atoms with van der Waals surface area (Å²) < 4.78 is 5.06. The maximum absolute atomic E-state index is 9.14. The predicted molar refractivity (Wildman–Crippen MR) is 35.2 cm³/mol. The largest absolute Gasteiger partial charge is 0.393 e. The maximum Gasteiger partial charge on any atom is 0.0862 e. The fraction of sp³-hybridized carbons (Fsp3) is 1.00. The average molecular weight is 130 g/mol. The molecule has 3 atom stereocenters. The molecule has 0 aromatic rings. The lowest BCUT2D eigenvalue weighted by atomic mass is 9.97. The molecule has 54 valence electrons. The van der Waals surface area contributed by atoms with Gasteiger partial charge in [0.15, 0.2) is 0 Å². The Morgan fingerprint density at radius 3 is 2.44 bits per heavy atom. The number of epoxide rings is 1. The Morgan fingerprint density at radius 1 is 1.78 bits per heavy atom. The van der Waals surface area contributed by atoms with Crippen molar-refractivity contribution < 1.29 is 9.84 Å².